The Morgan fingerprint density at radius 3 is 2.96 bits per heavy atom. The van der Waals surface area contributed by atoms with Gasteiger partial charge in [0, 0.05) is 24.4 Å². The van der Waals surface area contributed by atoms with Crippen LogP contribution < -0.4 is 4.74 Å². The molecule has 0 saturated heterocycles. The summed E-state index contributed by atoms with van der Waals surface area (Å²) >= 11 is 0. The highest BCUT2D eigenvalue weighted by molar-refractivity contribution is 5.85. The van der Waals surface area contributed by atoms with Crippen LogP contribution in [0.3, 0.4) is 0 Å². The molecule has 0 aromatic carbocycles. The lowest BCUT2D eigenvalue weighted by Crippen LogP contribution is -2.45. The van der Waals surface area contributed by atoms with E-state index in [1.54, 1.807) is 6.07 Å². The summed E-state index contributed by atoms with van der Waals surface area (Å²) in [4.78, 5) is 36.9. The van der Waals surface area contributed by atoms with Gasteiger partial charge in [-0.15, -0.1) is 0 Å². The fourth-order valence-corrected chi connectivity index (χ4v) is 3.00. The molecule has 0 saturated carbocycles. The van der Waals surface area contributed by atoms with E-state index in [-0.39, 0.29) is 12.5 Å². The van der Waals surface area contributed by atoms with Gasteiger partial charge in [0.1, 0.15) is 5.75 Å². The highest BCUT2D eigenvalue weighted by Gasteiger charge is 2.38. The first-order valence-corrected chi connectivity index (χ1v) is 8.15. The number of carbonyl (C=O) groups excluding carboxylic acids is 1. The Kier molecular flexibility index (Phi) is 4.69. The number of pyridine rings is 1. The van der Waals surface area contributed by atoms with Gasteiger partial charge in [-0.25, -0.2) is 9.78 Å². The molecule has 0 unspecified atom stereocenters. The quantitative estimate of drug-likeness (QED) is 0.845. The SMILES string of the molecule is CCc1nc(C)ccc1OCC(=O)N1CCc2[nH]cnc2[C@H]1C(=O)O. The average molecular weight is 344 g/mol. The first kappa shape index (κ1) is 16.9. The minimum absolute atomic E-state index is 0.235. The molecule has 0 bridgehead atoms. The molecule has 1 atom stereocenters. The molecule has 1 aliphatic rings. The van der Waals surface area contributed by atoms with Crippen LogP contribution in [-0.2, 0) is 22.4 Å². The summed E-state index contributed by atoms with van der Waals surface area (Å²) in [5.41, 5.74) is 2.80. The third-order valence-corrected chi connectivity index (χ3v) is 4.24. The molecular formula is C17H20N4O4. The Hall–Kier alpha value is -2.90. The summed E-state index contributed by atoms with van der Waals surface area (Å²) < 4.78 is 5.62. The molecular weight excluding hydrogens is 324 g/mol. The molecule has 0 aliphatic carbocycles. The number of aromatic amines is 1. The summed E-state index contributed by atoms with van der Waals surface area (Å²) in [7, 11) is 0. The molecule has 25 heavy (non-hydrogen) atoms. The van der Waals surface area contributed by atoms with Crippen LogP contribution in [0.25, 0.3) is 0 Å². The topological polar surface area (TPSA) is 108 Å². The number of aryl methyl sites for hydroxylation is 2. The third kappa shape index (κ3) is 3.33. The monoisotopic (exact) mass is 344 g/mol. The van der Waals surface area contributed by atoms with Gasteiger partial charge in [0.25, 0.3) is 5.91 Å². The summed E-state index contributed by atoms with van der Waals surface area (Å²) in [6, 6.07) is 2.51. The Morgan fingerprint density at radius 1 is 1.44 bits per heavy atom. The number of carboxylic acids is 1. The molecule has 1 amide bonds. The molecule has 132 valence electrons. The van der Waals surface area contributed by atoms with Gasteiger partial charge < -0.3 is 19.7 Å². The van der Waals surface area contributed by atoms with Crippen molar-refractivity contribution < 1.29 is 19.4 Å². The number of carboxylic acid groups (broad SMARTS) is 1. The van der Waals surface area contributed by atoms with Crippen LogP contribution in [0.1, 0.15) is 35.7 Å². The summed E-state index contributed by atoms with van der Waals surface area (Å²) in [5.74, 6) is -0.942. The number of hydrogen-bond donors (Lipinski definition) is 2. The largest absolute Gasteiger partial charge is 0.482 e. The van der Waals surface area contributed by atoms with Crippen LogP contribution in [0.2, 0.25) is 0 Å². The Labute approximate surface area is 144 Å². The maximum absolute atomic E-state index is 12.6. The lowest BCUT2D eigenvalue weighted by Gasteiger charge is -2.32. The molecule has 3 rings (SSSR count). The van der Waals surface area contributed by atoms with Gasteiger partial charge in [-0.05, 0) is 25.5 Å². The minimum atomic E-state index is -1.10. The van der Waals surface area contributed by atoms with Gasteiger partial charge in [-0.2, -0.15) is 0 Å². The van der Waals surface area contributed by atoms with Crippen LogP contribution in [0, 0.1) is 6.92 Å². The number of carbonyl (C=O) groups is 2. The number of aliphatic carboxylic acids is 1. The van der Waals surface area contributed by atoms with E-state index in [2.05, 4.69) is 15.0 Å². The van der Waals surface area contributed by atoms with Crippen molar-refractivity contribution in [2.24, 2.45) is 0 Å². The summed E-state index contributed by atoms with van der Waals surface area (Å²) in [6.45, 7) is 3.92. The fraction of sp³-hybridized carbons (Fsp3) is 0.412. The molecule has 2 aromatic rings. The van der Waals surface area contributed by atoms with Crippen molar-refractivity contribution >= 4 is 11.9 Å². The summed E-state index contributed by atoms with van der Waals surface area (Å²) in [6.07, 6.45) is 2.68. The molecule has 0 spiro atoms. The van der Waals surface area contributed by atoms with Crippen LogP contribution in [0.15, 0.2) is 18.5 Å². The van der Waals surface area contributed by atoms with Gasteiger partial charge in [-0.3, -0.25) is 9.78 Å². The van der Waals surface area contributed by atoms with Crippen molar-refractivity contribution in [2.45, 2.75) is 32.7 Å². The number of aromatic nitrogens is 3. The van der Waals surface area contributed by atoms with Crippen molar-refractivity contribution in [3.8, 4) is 5.75 Å². The molecule has 0 radical (unpaired) electrons. The lowest BCUT2D eigenvalue weighted by atomic mass is 10.0. The highest BCUT2D eigenvalue weighted by Crippen LogP contribution is 2.28. The van der Waals surface area contributed by atoms with E-state index in [1.165, 1.54) is 11.2 Å². The van der Waals surface area contributed by atoms with E-state index < -0.39 is 12.0 Å². The van der Waals surface area contributed by atoms with E-state index in [9.17, 15) is 14.7 Å². The number of rotatable bonds is 5. The molecule has 2 aromatic heterocycles. The van der Waals surface area contributed by atoms with E-state index in [0.29, 0.717) is 30.8 Å². The molecule has 0 fully saturated rings. The molecule has 8 heteroatoms. The van der Waals surface area contributed by atoms with Gasteiger partial charge in [0.05, 0.1) is 17.7 Å². The molecule has 8 nitrogen and oxygen atoms in total. The zero-order chi connectivity index (χ0) is 18.0. The molecule has 2 N–H and O–H groups in total. The summed E-state index contributed by atoms with van der Waals surface area (Å²) in [5, 5.41) is 9.52. The number of fused-ring (bicyclic) bond motifs is 1. The maximum atomic E-state index is 12.6. The number of nitrogens with one attached hydrogen (secondary N) is 1. The molecule has 1 aliphatic heterocycles. The minimum Gasteiger partial charge on any atom is -0.482 e. The van der Waals surface area contributed by atoms with Gasteiger partial charge in [0.15, 0.2) is 12.6 Å². The standard InChI is InChI=1S/C17H20N4O4/c1-3-11-13(5-4-10(2)20-11)25-8-14(22)21-7-6-12-15(19-9-18-12)16(21)17(23)24/h4-5,9,16H,3,6-8H2,1-2H3,(H,18,19)(H,23,24)/t16-/m0/s1. The highest BCUT2D eigenvalue weighted by atomic mass is 16.5. The number of H-pyrrole nitrogens is 1. The smallest absolute Gasteiger partial charge is 0.332 e. The predicted molar refractivity (Wildman–Crippen MR) is 88.2 cm³/mol. The number of ether oxygens (including phenoxy) is 1. The average Bonchev–Trinajstić information content (AvgIpc) is 3.07. The van der Waals surface area contributed by atoms with Gasteiger partial charge >= 0.3 is 5.97 Å². The first-order valence-electron chi connectivity index (χ1n) is 8.15. The fourth-order valence-electron chi connectivity index (χ4n) is 3.00. The van der Waals surface area contributed by atoms with E-state index >= 15 is 0 Å². The Balaban J connectivity index is 1.74. The zero-order valence-corrected chi connectivity index (χ0v) is 14.2. The van der Waals surface area contributed by atoms with Crippen LogP contribution in [0.5, 0.6) is 5.75 Å². The maximum Gasteiger partial charge on any atom is 0.332 e. The first-order chi connectivity index (χ1) is 12.0. The van der Waals surface area contributed by atoms with E-state index in [4.69, 9.17) is 4.74 Å². The van der Waals surface area contributed by atoms with Crippen molar-refractivity contribution in [1.29, 1.82) is 0 Å². The van der Waals surface area contributed by atoms with Crippen molar-refractivity contribution in [2.75, 3.05) is 13.2 Å². The second kappa shape index (κ2) is 6.92. The normalized spacial score (nSPS) is 16.4. The van der Waals surface area contributed by atoms with Gasteiger partial charge in [0.2, 0.25) is 0 Å². The predicted octanol–water partition coefficient (Wildman–Crippen LogP) is 1.26. The lowest BCUT2D eigenvalue weighted by molar-refractivity contribution is -0.152. The van der Waals surface area contributed by atoms with Crippen LogP contribution >= 0.6 is 0 Å². The van der Waals surface area contributed by atoms with Gasteiger partial charge in [-0.1, -0.05) is 6.92 Å². The Morgan fingerprint density at radius 2 is 2.24 bits per heavy atom. The van der Waals surface area contributed by atoms with Crippen LogP contribution in [0.4, 0.5) is 0 Å². The number of imidazole rings is 1. The number of hydrogen-bond acceptors (Lipinski definition) is 5. The van der Waals surface area contributed by atoms with Crippen molar-refractivity contribution in [1.82, 2.24) is 19.9 Å². The second-order valence-electron chi connectivity index (χ2n) is 5.88. The zero-order valence-electron chi connectivity index (χ0n) is 14.2. The number of amides is 1. The van der Waals surface area contributed by atoms with E-state index in [1.807, 2.05) is 19.9 Å². The van der Waals surface area contributed by atoms with Crippen LogP contribution in [-0.4, -0.2) is 50.0 Å². The Bertz CT molecular complexity index is 802. The third-order valence-electron chi connectivity index (χ3n) is 4.24. The van der Waals surface area contributed by atoms with Crippen molar-refractivity contribution in [3.63, 3.8) is 0 Å². The van der Waals surface area contributed by atoms with Crippen molar-refractivity contribution in [3.05, 3.63) is 41.2 Å². The second-order valence-corrected chi connectivity index (χ2v) is 5.88. The number of nitrogens with zero attached hydrogens (tertiary/aromatic N) is 3. The molecule has 3 heterocycles. The van der Waals surface area contributed by atoms with E-state index in [0.717, 1.165) is 17.1 Å².